The Hall–Kier alpha value is -1.68. The molecule has 0 amide bonds. The molecule has 1 heterocycles. The van der Waals surface area contributed by atoms with Crippen LogP contribution in [0.3, 0.4) is 0 Å². The molecular weight excluding hydrogens is 224 g/mol. The van der Waals surface area contributed by atoms with Crippen molar-refractivity contribution < 1.29 is 14.3 Å². The van der Waals surface area contributed by atoms with Gasteiger partial charge in [-0.15, -0.1) is 11.3 Å². The van der Waals surface area contributed by atoms with E-state index in [1.165, 1.54) is 25.4 Å². The van der Waals surface area contributed by atoms with E-state index in [9.17, 15) is 9.59 Å². The highest BCUT2D eigenvalue weighted by Gasteiger charge is 2.13. The van der Waals surface area contributed by atoms with Crippen LogP contribution in [0.15, 0.2) is 24.3 Å². The molecular formula is C12H10O3S. The predicted molar refractivity (Wildman–Crippen MR) is 63.2 cm³/mol. The Balaban J connectivity index is 2.65. The SMILES string of the molecule is COC(=O)c1cc2c(C(C)=O)cccc2s1. The van der Waals surface area contributed by atoms with Gasteiger partial charge in [-0.3, -0.25) is 4.79 Å². The Morgan fingerprint density at radius 2 is 2.06 bits per heavy atom. The molecule has 0 bridgehead atoms. The third-order valence-corrected chi connectivity index (χ3v) is 3.41. The van der Waals surface area contributed by atoms with E-state index < -0.39 is 0 Å². The summed E-state index contributed by atoms with van der Waals surface area (Å²) in [6, 6.07) is 7.18. The first-order valence-corrected chi connectivity index (χ1v) is 5.57. The van der Waals surface area contributed by atoms with Crippen LogP contribution in [0.4, 0.5) is 0 Å². The number of thiophene rings is 1. The normalized spacial score (nSPS) is 10.4. The number of carbonyl (C=O) groups excluding carboxylic acids is 2. The number of rotatable bonds is 2. The lowest BCUT2D eigenvalue weighted by Gasteiger charge is -1.96. The molecule has 0 saturated heterocycles. The number of benzene rings is 1. The molecule has 16 heavy (non-hydrogen) atoms. The predicted octanol–water partition coefficient (Wildman–Crippen LogP) is 2.89. The van der Waals surface area contributed by atoms with E-state index in [2.05, 4.69) is 4.74 Å². The Bertz CT molecular complexity index is 569. The van der Waals surface area contributed by atoms with Crippen molar-refractivity contribution >= 4 is 33.2 Å². The van der Waals surface area contributed by atoms with Crippen LogP contribution in [0.1, 0.15) is 27.0 Å². The van der Waals surface area contributed by atoms with Crippen molar-refractivity contribution in [3.8, 4) is 0 Å². The highest BCUT2D eigenvalue weighted by Crippen LogP contribution is 2.29. The molecule has 82 valence electrons. The van der Waals surface area contributed by atoms with Crippen molar-refractivity contribution in [1.29, 1.82) is 0 Å². The van der Waals surface area contributed by atoms with Crippen molar-refractivity contribution in [2.24, 2.45) is 0 Å². The zero-order valence-corrected chi connectivity index (χ0v) is 9.76. The van der Waals surface area contributed by atoms with Gasteiger partial charge in [-0.1, -0.05) is 12.1 Å². The van der Waals surface area contributed by atoms with Gasteiger partial charge in [0.15, 0.2) is 5.78 Å². The summed E-state index contributed by atoms with van der Waals surface area (Å²) in [7, 11) is 1.35. The van der Waals surface area contributed by atoms with Crippen LogP contribution < -0.4 is 0 Å². The van der Waals surface area contributed by atoms with Crippen LogP contribution in [-0.4, -0.2) is 18.9 Å². The Morgan fingerprint density at radius 3 is 2.69 bits per heavy atom. The summed E-state index contributed by atoms with van der Waals surface area (Å²) in [4.78, 5) is 23.3. The fourth-order valence-corrected chi connectivity index (χ4v) is 2.57. The van der Waals surface area contributed by atoms with Crippen molar-refractivity contribution in [2.45, 2.75) is 6.92 Å². The number of fused-ring (bicyclic) bond motifs is 1. The maximum Gasteiger partial charge on any atom is 0.348 e. The number of Topliss-reactive ketones (excluding diaryl/α,β-unsaturated/α-hetero) is 1. The molecule has 0 unspecified atom stereocenters. The number of ketones is 1. The second kappa shape index (κ2) is 4.06. The lowest BCUT2D eigenvalue weighted by atomic mass is 10.1. The summed E-state index contributed by atoms with van der Waals surface area (Å²) in [5, 5.41) is 0.820. The van der Waals surface area contributed by atoms with Crippen molar-refractivity contribution in [3.05, 3.63) is 34.7 Å². The van der Waals surface area contributed by atoms with Crippen LogP contribution in [0.25, 0.3) is 10.1 Å². The van der Waals surface area contributed by atoms with Gasteiger partial charge >= 0.3 is 5.97 Å². The molecule has 2 aromatic rings. The standard InChI is InChI=1S/C12H10O3S/c1-7(13)8-4-3-5-10-9(8)6-11(16-10)12(14)15-2/h3-6H,1-2H3. The first kappa shape index (κ1) is 10.8. The Kier molecular flexibility index (Phi) is 2.75. The van der Waals surface area contributed by atoms with Gasteiger partial charge in [0.05, 0.1) is 7.11 Å². The zero-order valence-electron chi connectivity index (χ0n) is 8.94. The number of carbonyl (C=O) groups is 2. The van der Waals surface area contributed by atoms with Crippen molar-refractivity contribution in [3.63, 3.8) is 0 Å². The number of hydrogen-bond donors (Lipinski definition) is 0. The van der Waals surface area contributed by atoms with Crippen LogP contribution in [0.5, 0.6) is 0 Å². The molecule has 0 fully saturated rings. The monoisotopic (exact) mass is 234 g/mol. The first-order valence-electron chi connectivity index (χ1n) is 4.75. The highest BCUT2D eigenvalue weighted by atomic mass is 32.1. The summed E-state index contributed by atoms with van der Waals surface area (Å²) in [6.07, 6.45) is 0. The molecule has 4 heteroatoms. The quantitative estimate of drug-likeness (QED) is 0.592. The summed E-state index contributed by atoms with van der Waals surface area (Å²) in [5.74, 6) is -0.365. The molecule has 0 aliphatic rings. The summed E-state index contributed by atoms with van der Waals surface area (Å²) in [6.45, 7) is 1.52. The van der Waals surface area contributed by atoms with Crippen molar-refractivity contribution in [1.82, 2.24) is 0 Å². The second-order valence-corrected chi connectivity index (χ2v) is 4.46. The van der Waals surface area contributed by atoms with E-state index in [1.807, 2.05) is 12.1 Å². The number of hydrogen-bond acceptors (Lipinski definition) is 4. The molecule has 0 aliphatic carbocycles. The van der Waals surface area contributed by atoms with Gasteiger partial charge in [0.2, 0.25) is 0 Å². The van der Waals surface area contributed by atoms with Gasteiger partial charge in [0, 0.05) is 15.6 Å². The third-order valence-electron chi connectivity index (χ3n) is 2.33. The molecule has 1 aromatic carbocycles. The maximum atomic E-state index is 11.4. The maximum absolute atomic E-state index is 11.4. The van der Waals surface area contributed by atoms with Gasteiger partial charge in [-0.2, -0.15) is 0 Å². The van der Waals surface area contributed by atoms with Gasteiger partial charge in [-0.05, 0) is 19.1 Å². The number of esters is 1. The van der Waals surface area contributed by atoms with Crippen LogP contribution in [0.2, 0.25) is 0 Å². The van der Waals surface area contributed by atoms with E-state index in [0.29, 0.717) is 10.4 Å². The third kappa shape index (κ3) is 1.72. The number of methoxy groups -OCH3 is 1. The minimum atomic E-state index is -0.365. The van der Waals surface area contributed by atoms with Gasteiger partial charge in [0.1, 0.15) is 4.88 Å². The molecule has 0 aliphatic heterocycles. The lowest BCUT2D eigenvalue weighted by molar-refractivity contribution is 0.0606. The molecule has 0 N–H and O–H groups in total. The van der Waals surface area contributed by atoms with Gasteiger partial charge in [0.25, 0.3) is 0 Å². The molecule has 0 spiro atoms. The second-order valence-electron chi connectivity index (χ2n) is 3.38. The van der Waals surface area contributed by atoms with Gasteiger partial charge < -0.3 is 4.74 Å². The molecule has 0 atom stereocenters. The van der Waals surface area contributed by atoms with E-state index >= 15 is 0 Å². The lowest BCUT2D eigenvalue weighted by Crippen LogP contribution is -1.97. The van der Waals surface area contributed by atoms with Crippen LogP contribution >= 0.6 is 11.3 Å². The van der Waals surface area contributed by atoms with E-state index in [1.54, 1.807) is 12.1 Å². The smallest absolute Gasteiger partial charge is 0.348 e. The van der Waals surface area contributed by atoms with E-state index in [4.69, 9.17) is 0 Å². The summed E-state index contributed by atoms with van der Waals surface area (Å²) >= 11 is 1.33. The zero-order chi connectivity index (χ0) is 11.7. The van der Waals surface area contributed by atoms with E-state index in [0.717, 1.165) is 10.1 Å². The van der Waals surface area contributed by atoms with Crippen molar-refractivity contribution in [2.75, 3.05) is 7.11 Å². The molecule has 0 radical (unpaired) electrons. The largest absolute Gasteiger partial charge is 0.465 e. The minimum absolute atomic E-state index is 0.000171. The summed E-state index contributed by atoms with van der Waals surface area (Å²) in [5.41, 5.74) is 0.643. The fraction of sp³-hybridized carbons (Fsp3) is 0.167. The minimum Gasteiger partial charge on any atom is -0.465 e. The topological polar surface area (TPSA) is 43.4 Å². The average Bonchev–Trinajstić information content (AvgIpc) is 2.70. The highest BCUT2D eigenvalue weighted by molar-refractivity contribution is 7.20. The molecule has 0 saturated carbocycles. The molecule has 2 rings (SSSR count). The summed E-state index contributed by atoms with van der Waals surface area (Å²) < 4.78 is 5.58. The van der Waals surface area contributed by atoms with Crippen LogP contribution in [0, 0.1) is 0 Å². The van der Waals surface area contributed by atoms with Crippen LogP contribution in [-0.2, 0) is 4.74 Å². The first-order chi connectivity index (χ1) is 7.63. The Labute approximate surface area is 96.6 Å². The molecule has 1 aromatic heterocycles. The Morgan fingerprint density at radius 1 is 1.31 bits per heavy atom. The molecule has 3 nitrogen and oxygen atoms in total. The van der Waals surface area contributed by atoms with E-state index in [-0.39, 0.29) is 11.8 Å². The van der Waals surface area contributed by atoms with Gasteiger partial charge in [-0.25, -0.2) is 4.79 Å². The number of ether oxygens (including phenoxy) is 1. The fourth-order valence-electron chi connectivity index (χ4n) is 1.57. The average molecular weight is 234 g/mol.